The second-order valence-electron chi connectivity index (χ2n) is 9.41. The number of fused-ring (bicyclic) bond motifs is 2. The van der Waals surface area contributed by atoms with Crippen molar-refractivity contribution in [3.63, 3.8) is 0 Å². The Morgan fingerprint density at radius 2 is 1.88 bits per heavy atom. The normalized spacial score (nSPS) is 18.9. The van der Waals surface area contributed by atoms with Gasteiger partial charge in [0.2, 0.25) is 0 Å². The van der Waals surface area contributed by atoms with Gasteiger partial charge in [0.1, 0.15) is 0 Å². The van der Waals surface area contributed by atoms with Gasteiger partial charge in [0.15, 0.2) is 0 Å². The Labute approximate surface area is 201 Å². The quantitative estimate of drug-likeness (QED) is 0.571. The molecule has 1 unspecified atom stereocenters. The van der Waals surface area contributed by atoms with Crippen LogP contribution in [0.25, 0.3) is 10.8 Å². The zero-order valence-corrected chi connectivity index (χ0v) is 19.6. The largest absolute Gasteiger partial charge is 0.465 e. The van der Waals surface area contributed by atoms with E-state index in [4.69, 9.17) is 9.97 Å². The van der Waals surface area contributed by atoms with Crippen LogP contribution in [0.2, 0.25) is 0 Å². The van der Waals surface area contributed by atoms with Crippen LogP contribution >= 0.6 is 0 Å². The summed E-state index contributed by atoms with van der Waals surface area (Å²) < 4.78 is 0. The van der Waals surface area contributed by atoms with Gasteiger partial charge in [-0.25, -0.2) is 4.79 Å². The summed E-state index contributed by atoms with van der Waals surface area (Å²) in [6, 6.07) is 15.2. The Morgan fingerprint density at radius 1 is 1.06 bits per heavy atom. The molecule has 3 heterocycles. The lowest BCUT2D eigenvalue weighted by atomic mass is 9.90. The van der Waals surface area contributed by atoms with Crippen molar-refractivity contribution >= 4 is 16.9 Å². The van der Waals surface area contributed by atoms with Crippen LogP contribution in [-0.2, 0) is 13.0 Å². The first-order valence-electron chi connectivity index (χ1n) is 12.4. The minimum Gasteiger partial charge on any atom is -0.465 e. The van der Waals surface area contributed by atoms with Crippen molar-refractivity contribution in [3.8, 4) is 0 Å². The van der Waals surface area contributed by atoms with Gasteiger partial charge in [0, 0.05) is 57.0 Å². The van der Waals surface area contributed by atoms with Crippen LogP contribution in [0, 0.1) is 0 Å². The number of hydrogen-bond acceptors (Lipinski definition) is 5. The Morgan fingerprint density at radius 3 is 2.71 bits per heavy atom. The molecule has 1 saturated heterocycles. The maximum absolute atomic E-state index is 11.2. The molecule has 1 aliphatic heterocycles. The topological polar surface area (TPSA) is 72.8 Å². The Bertz CT molecular complexity index is 1130. The number of aromatic nitrogens is 2. The van der Waals surface area contributed by atoms with Gasteiger partial charge < -0.3 is 10.0 Å². The Kier molecular flexibility index (Phi) is 7.02. The molecule has 1 atom stereocenters. The number of amides is 1. The molecule has 5 rings (SSSR count). The second kappa shape index (κ2) is 10.5. The van der Waals surface area contributed by atoms with Crippen LogP contribution in [0.5, 0.6) is 0 Å². The number of pyridine rings is 2. The highest BCUT2D eigenvalue weighted by Gasteiger charge is 2.28. The van der Waals surface area contributed by atoms with Gasteiger partial charge in [-0.05, 0) is 55.3 Å². The van der Waals surface area contributed by atoms with Crippen LogP contribution in [0.1, 0.15) is 42.3 Å². The van der Waals surface area contributed by atoms with Gasteiger partial charge in [-0.15, -0.1) is 0 Å². The average Bonchev–Trinajstić information content (AvgIpc) is 2.88. The molecular weight excluding hydrogens is 426 g/mol. The standard InChI is InChI=1S/C27H33N5O2/c33-27(34)31-16-14-30(15-17-31)12-5-13-32(25-10-3-8-21-9-4-11-28-26(21)25)20-24-18-22-6-1-2-7-23(22)19-29-24/h1-2,4,6-7,9,11,18-19,25H,3,5,8,10,12-17,20H2,(H,33,34). The van der Waals surface area contributed by atoms with Crippen molar-refractivity contribution in [1.29, 1.82) is 0 Å². The molecule has 34 heavy (non-hydrogen) atoms. The summed E-state index contributed by atoms with van der Waals surface area (Å²) in [5.74, 6) is 0. The summed E-state index contributed by atoms with van der Waals surface area (Å²) in [5.41, 5.74) is 3.70. The molecule has 2 aromatic heterocycles. The predicted molar refractivity (Wildman–Crippen MR) is 133 cm³/mol. The molecule has 3 aromatic rings. The third-order valence-electron chi connectivity index (χ3n) is 7.22. The molecule has 1 N–H and O–H groups in total. The molecule has 2 aliphatic rings. The third kappa shape index (κ3) is 5.21. The van der Waals surface area contributed by atoms with E-state index in [2.05, 4.69) is 46.2 Å². The fourth-order valence-corrected chi connectivity index (χ4v) is 5.37. The SMILES string of the molecule is O=C(O)N1CCN(CCCN(Cc2cc3ccccc3cn2)C2CCCc3cccnc32)CC1. The van der Waals surface area contributed by atoms with Gasteiger partial charge in [-0.1, -0.05) is 30.3 Å². The summed E-state index contributed by atoms with van der Waals surface area (Å²) in [7, 11) is 0. The van der Waals surface area contributed by atoms with Crippen molar-refractivity contribution in [2.24, 2.45) is 0 Å². The maximum atomic E-state index is 11.2. The van der Waals surface area contributed by atoms with Gasteiger partial charge in [-0.2, -0.15) is 0 Å². The number of carbonyl (C=O) groups is 1. The lowest BCUT2D eigenvalue weighted by Crippen LogP contribution is -2.48. The Balaban J connectivity index is 1.30. The summed E-state index contributed by atoms with van der Waals surface area (Å²) in [6.45, 7) is 5.57. The number of piperazine rings is 1. The highest BCUT2D eigenvalue weighted by Crippen LogP contribution is 2.34. The van der Waals surface area contributed by atoms with Crippen LogP contribution in [0.3, 0.4) is 0 Å². The third-order valence-corrected chi connectivity index (χ3v) is 7.22. The summed E-state index contributed by atoms with van der Waals surface area (Å²) in [6.07, 6.45) is 7.55. The van der Waals surface area contributed by atoms with E-state index in [0.29, 0.717) is 19.1 Å². The van der Waals surface area contributed by atoms with Gasteiger partial charge >= 0.3 is 6.09 Å². The fraction of sp³-hybridized carbons (Fsp3) is 0.444. The van der Waals surface area contributed by atoms with Gasteiger partial charge in [0.25, 0.3) is 0 Å². The van der Waals surface area contributed by atoms with Gasteiger partial charge in [0.05, 0.1) is 17.4 Å². The van der Waals surface area contributed by atoms with Crippen LogP contribution in [0.4, 0.5) is 4.79 Å². The van der Waals surface area contributed by atoms with Crippen LogP contribution in [-0.4, -0.2) is 75.1 Å². The first-order valence-corrected chi connectivity index (χ1v) is 12.4. The first kappa shape index (κ1) is 22.7. The van der Waals surface area contributed by atoms with E-state index in [1.165, 1.54) is 33.4 Å². The van der Waals surface area contributed by atoms with E-state index >= 15 is 0 Å². The molecule has 178 valence electrons. The smallest absolute Gasteiger partial charge is 0.407 e. The van der Waals surface area contributed by atoms with Crippen molar-refractivity contribution < 1.29 is 9.90 Å². The molecule has 0 radical (unpaired) electrons. The Hall–Kier alpha value is -3.03. The average molecular weight is 460 g/mol. The fourth-order valence-electron chi connectivity index (χ4n) is 5.37. The first-order chi connectivity index (χ1) is 16.7. The maximum Gasteiger partial charge on any atom is 0.407 e. The zero-order chi connectivity index (χ0) is 23.3. The monoisotopic (exact) mass is 459 g/mol. The van der Waals surface area contributed by atoms with E-state index in [1.807, 2.05) is 18.5 Å². The minimum atomic E-state index is -0.808. The van der Waals surface area contributed by atoms with Crippen molar-refractivity contribution in [3.05, 3.63) is 71.8 Å². The number of carboxylic acid groups (broad SMARTS) is 1. The van der Waals surface area contributed by atoms with Gasteiger partial charge in [-0.3, -0.25) is 19.8 Å². The number of hydrogen-bond donors (Lipinski definition) is 1. The molecular formula is C27H33N5O2. The molecule has 1 aromatic carbocycles. The number of aryl methyl sites for hydroxylation is 1. The minimum absolute atomic E-state index is 0.307. The lowest BCUT2D eigenvalue weighted by Gasteiger charge is -2.36. The molecule has 0 spiro atoms. The molecule has 7 heteroatoms. The second-order valence-corrected chi connectivity index (χ2v) is 9.41. The molecule has 1 amide bonds. The number of rotatable bonds is 7. The molecule has 1 fully saturated rings. The highest BCUT2D eigenvalue weighted by atomic mass is 16.4. The highest BCUT2D eigenvalue weighted by molar-refractivity contribution is 5.81. The predicted octanol–water partition coefficient (Wildman–Crippen LogP) is 4.20. The van der Waals surface area contributed by atoms with Crippen molar-refractivity contribution in [2.75, 3.05) is 39.3 Å². The molecule has 1 aliphatic carbocycles. The lowest BCUT2D eigenvalue weighted by molar-refractivity contribution is 0.0994. The number of nitrogens with zero attached hydrogens (tertiary/aromatic N) is 5. The van der Waals surface area contributed by atoms with Crippen LogP contribution in [0.15, 0.2) is 54.9 Å². The number of benzene rings is 1. The summed E-state index contributed by atoms with van der Waals surface area (Å²) in [4.78, 5) is 27.2. The van der Waals surface area contributed by atoms with E-state index in [0.717, 1.165) is 57.7 Å². The van der Waals surface area contributed by atoms with E-state index in [1.54, 1.807) is 0 Å². The molecule has 0 saturated carbocycles. The van der Waals surface area contributed by atoms with E-state index in [-0.39, 0.29) is 0 Å². The van der Waals surface area contributed by atoms with E-state index in [9.17, 15) is 9.90 Å². The van der Waals surface area contributed by atoms with E-state index < -0.39 is 6.09 Å². The summed E-state index contributed by atoms with van der Waals surface area (Å²) >= 11 is 0. The van der Waals surface area contributed by atoms with Crippen LogP contribution < -0.4 is 0 Å². The zero-order valence-electron chi connectivity index (χ0n) is 19.6. The molecule has 7 nitrogen and oxygen atoms in total. The summed E-state index contributed by atoms with van der Waals surface area (Å²) in [5, 5.41) is 11.6. The van der Waals surface area contributed by atoms with Crippen molar-refractivity contribution in [1.82, 2.24) is 24.7 Å². The molecule has 0 bridgehead atoms. The van der Waals surface area contributed by atoms with Crippen molar-refractivity contribution in [2.45, 2.75) is 38.3 Å².